The van der Waals surface area contributed by atoms with E-state index in [0.29, 0.717) is 17.4 Å². The largest absolute Gasteiger partial charge is 0.353 e. The first-order valence-electron chi connectivity index (χ1n) is 6.70. The number of carbonyl (C=O) groups excluding carboxylic acids is 1. The van der Waals surface area contributed by atoms with Crippen LogP contribution in [0.2, 0.25) is 0 Å². The van der Waals surface area contributed by atoms with Gasteiger partial charge in [-0.15, -0.1) is 11.8 Å². The number of rotatable bonds is 4. The monoisotopic (exact) mass is 274 g/mol. The molecule has 0 unspecified atom stereocenters. The Bertz CT molecular complexity index is 475. The van der Waals surface area contributed by atoms with Crippen molar-refractivity contribution in [2.75, 3.05) is 5.75 Å². The predicted octanol–water partition coefficient (Wildman–Crippen LogP) is 3.10. The maximum atomic E-state index is 11.8. The number of benzene rings is 1. The highest BCUT2D eigenvalue weighted by Crippen LogP contribution is 2.20. The molecule has 19 heavy (non-hydrogen) atoms. The predicted molar refractivity (Wildman–Crippen MR) is 76.9 cm³/mol. The number of hydrogen-bond acceptors (Lipinski definition) is 3. The molecule has 1 aromatic carbocycles. The van der Waals surface area contributed by atoms with E-state index in [-0.39, 0.29) is 5.91 Å². The molecule has 3 nitrogen and oxygen atoms in total. The zero-order chi connectivity index (χ0) is 13.5. The van der Waals surface area contributed by atoms with E-state index in [4.69, 9.17) is 5.26 Å². The molecule has 0 spiro atoms. The zero-order valence-corrected chi connectivity index (χ0v) is 11.7. The summed E-state index contributed by atoms with van der Waals surface area (Å²) in [6, 6.07) is 9.84. The molecule has 0 aromatic heterocycles. The van der Waals surface area contributed by atoms with Crippen LogP contribution in [0.1, 0.15) is 37.7 Å². The van der Waals surface area contributed by atoms with E-state index >= 15 is 0 Å². The summed E-state index contributed by atoms with van der Waals surface area (Å²) in [5.74, 6) is 0.519. The number of carbonyl (C=O) groups is 1. The first kappa shape index (κ1) is 14.0. The smallest absolute Gasteiger partial charge is 0.230 e. The van der Waals surface area contributed by atoms with Crippen molar-refractivity contribution in [2.24, 2.45) is 0 Å². The summed E-state index contributed by atoms with van der Waals surface area (Å²) >= 11 is 1.48. The second-order valence-corrected chi connectivity index (χ2v) is 5.88. The van der Waals surface area contributed by atoms with Crippen LogP contribution in [0.15, 0.2) is 29.2 Å². The third kappa shape index (κ3) is 4.60. The minimum atomic E-state index is 0.0965. The van der Waals surface area contributed by atoms with E-state index in [1.165, 1.54) is 31.0 Å². The molecule has 0 bridgehead atoms. The van der Waals surface area contributed by atoms with Gasteiger partial charge in [-0.05, 0) is 31.0 Å². The number of thioether (sulfide) groups is 1. The molecule has 1 aromatic rings. The minimum Gasteiger partial charge on any atom is -0.353 e. The van der Waals surface area contributed by atoms with Crippen LogP contribution < -0.4 is 5.32 Å². The fourth-order valence-electron chi connectivity index (χ4n) is 2.32. The van der Waals surface area contributed by atoms with Crippen LogP contribution in [-0.2, 0) is 4.79 Å². The van der Waals surface area contributed by atoms with Gasteiger partial charge in [0.1, 0.15) is 0 Å². The normalized spacial score (nSPS) is 15.7. The number of nitriles is 1. The van der Waals surface area contributed by atoms with Crippen molar-refractivity contribution in [1.29, 1.82) is 5.26 Å². The van der Waals surface area contributed by atoms with Gasteiger partial charge in [0.05, 0.1) is 17.4 Å². The summed E-state index contributed by atoms with van der Waals surface area (Å²) in [6.45, 7) is 0. The van der Waals surface area contributed by atoms with Crippen molar-refractivity contribution in [3.63, 3.8) is 0 Å². The van der Waals surface area contributed by atoms with Crippen molar-refractivity contribution in [3.05, 3.63) is 29.8 Å². The summed E-state index contributed by atoms with van der Waals surface area (Å²) in [5, 5.41) is 11.9. The van der Waals surface area contributed by atoms with E-state index in [9.17, 15) is 4.79 Å². The third-order valence-electron chi connectivity index (χ3n) is 3.30. The summed E-state index contributed by atoms with van der Waals surface area (Å²) in [6.07, 6.45) is 5.97. The van der Waals surface area contributed by atoms with Crippen LogP contribution in [0.5, 0.6) is 0 Å². The van der Waals surface area contributed by atoms with Gasteiger partial charge in [0, 0.05) is 10.9 Å². The highest BCUT2D eigenvalue weighted by Gasteiger charge is 2.15. The summed E-state index contributed by atoms with van der Waals surface area (Å²) < 4.78 is 0. The topological polar surface area (TPSA) is 52.9 Å². The summed E-state index contributed by atoms with van der Waals surface area (Å²) in [7, 11) is 0. The van der Waals surface area contributed by atoms with Crippen LogP contribution in [0.25, 0.3) is 0 Å². The Balaban J connectivity index is 1.78. The average Bonchev–Trinajstić information content (AvgIpc) is 2.46. The van der Waals surface area contributed by atoms with Crippen LogP contribution >= 0.6 is 11.8 Å². The molecule has 1 aliphatic rings. The van der Waals surface area contributed by atoms with Gasteiger partial charge in [-0.25, -0.2) is 0 Å². The molecule has 2 rings (SSSR count). The van der Waals surface area contributed by atoms with Gasteiger partial charge >= 0.3 is 0 Å². The van der Waals surface area contributed by atoms with Crippen LogP contribution in [0.3, 0.4) is 0 Å². The summed E-state index contributed by atoms with van der Waals surface area (Å²) in [4.78, 5) is 12.8. The first-order valence-corrected chi connectivity index (χ1v) is 7.69. The molecule has 1 N–H and O–H groups in total. The number of amides is 1. The molecule has 4 heteroatoms. The SMILES string of the molecule is N#Cc1cccc(SCC(=O)NC2CCCCC2)c1. The molecule has 1 aliphatic carbocycles. The van der Waals surface area contributed by atoms with E-state index < -0.39 is 0 Å². The Morgan fingerprint density at radius 2 is 2.16 bits per heavy atom. The highest BCUT2D eigenvalue weighted by molar-refractivity contribution is 8.00. The van der Waals surface area contributed by atoms with Gasteiger partial charge in [0.25, 0.3) is 0 Å². The molecule has 0 heterocycles. The Kier molecular flexibility index (Phi) is 5.29. The molecule has 0 atom stereocenters. The molecular formula is C15H18N2OS. The summed E-state index contributed by atoms with van der Waals surface area (Å²) in [5.41, 5.74) is 0.637. The quantitative estimate of drug-likeness (QED) is 0.858. The van der Waals surface area contributed by atoms with Crippen LogP contribution in [-0.4, -0.2) is 17.7 Å². The Labute approximate surface area is 118 Å². The molecule has 1 saturated carbocycles. The van der Waals surface area contributed by atoms with Gasteiger partial charge < -0.3 is 5.32 Å². The lowest BCUT2D eigenvalue weighted by molar-refractivity contribution is -0.119. The number of nitrogens with one attached hydrogen (secondary N) is 1. The van der Waals surface area contributed by atoms with Gasteiger partial charge in [0.2, 0.25) is 5.91 Å². The van der Waals surface area contributed by atoms with Crippen molar-refractivity contribution in [3.8, 4) is 6.07 Å². The van der Waals surface area contributed by atoms with Gasteiger partial charge in [0.15, 0.2) is 0 Å². The molecule has 1 amide bonds. The standard InChI is InChI=1S/C15H18N2OS/c16-10-12-5-4-8-14(9-12)19-11-15(18)17-13-6-2-1-3-7-13/h4-5,8-9,13H,1-3,6-7,11H2,(H,17,18). The van der Waals surface area contributed by atoms with Crippen molar-refractivity contribution in [1.82, 2.24) is 5.32 Å². The van der Waals surface area contributed by atoms with Crippen molar-refractivity contribution < 1.29 is 4.79 Å². The number of hydrogen-bond donors (Lipinski definition) is 1. The molecule has 0 saturated heterocycles. The molecular weight excluding hydrogens is 256 g/mol. The van der Waals surface area contributed by atoms with Crippen molar-refractivity contribution >= 4 is 17.7 Å². The third-order valence-corrected chi connectivity index (χ3v) is 4.30. The lowest BCUT2D eigenvalue weighted by atomic mass is 9.95. The van der Waals surface area contributed by atoms with Gasteiger partial charge in [-0.3, -0.25) is 4.79 Å². The van der Waals surface area contributed by atoms with E-state index in [0.717, 1.165) is 17.7 Å². The van der Waals surface area contributed by atoms with E-state index in [1.54, 1.807) is 6.07 Å². The lowest BCUT2D eigenvalue weighted by Crippen LogP contribution is -2.37. The maximum absolute atomic E-state index is 11.8. The Hall–Kier alpha value is -1.47. The lowest BCUT2D eigenvalue weighted by Gasteiger charge is -2.22. The fourth-order valence-corrected chi connectivity index (χ4v) is 3.09. The van der Waals surface area contributed by atoms with Gasteiger partial charge in [-0.2, -0.15) is 5.26 Å². The molecule has 0 radical (unpaired) electrons. The van der Waals surface area contributed by atoms with Crippen LogP contribution in [0.4, 0.5) is 0 Å². The molecule has 0 aliphatic heterocycles. The van der Waals surface area contributed by atoms with Crippen LogP contribution in [0, 0.1) is 11.3 Å². The molecule has 100 valence electrons. The fraction of sp³-hybridized carbons (Fsp3) is 0.467. The van der Waals surface area contributed by atoms with Crippen molar-refractivity contribution in [2.45, 2.75) is 43.0 Å². The second-order valence-electron chi connectivity index (χ2n) is 4.83. The van der Waals surface area contributed by atoms with E-state index in [2.05, 4.69) is 11.4 Å². The maximum Gasteiger partial charge on any atom is 0.230 e. The average molecular weight is 274 g/mol. The Morgan fingerprint density at radius 3 is 2.89 bits per heavy atom. The first-order chi connectivity index (χ1) is 9.28. The zero-order valence-electron chi connectivity index (χ0n) is 10.9. The minimum absolute atomic E-state index is 0.0965. The molecule has 1 fully saturated rings. The van der Waals surface area contributed by atoms with Gasteiger partial charge in [-0.1, -0.05) is 25.3 Å². The number of nitrogens with zero attached hydrogens (tertiary/aromatic N) is 1. The second kappa shape index (κ2) is 7.20. The van der Waals surface area contributed by atoms with E-state index in [1.807, 2.05) is 18.2 Å². The Morgan fingerprint density at radius 1 is 1.37 bits per heavy atom. The highest BCUT2D eigenvalue weighted by atomic mass is 32.2.